The van der Waals surface area contributed by atoms with Gasteiger partial charge in [-0.25, -0.2) is 0 Å². The SMILES string of the molecule is Cc1nn(CCC(=O)Nc2cccc(Cl)c2)cc1[N+](=O)[O-]. The molecule has 0 saturated carbocycles. The molecule has 2 aromatic rings. The first-order valence-corrected chi connectivity index (χ1v) is 6.57. The highest BCUT2D eigenvalue weighted by Gasteiger charge is 2.15. The minimum absolute atomic E-state index is 0.0507. The van der Waals surface area contributed by atoms with Crippen LogP contribution >= 0.6 is 11.6 Å². The maximum Gasteiger partial charge on any atom is 0.309 e. The van der Waals surface area contributed by atoms with Gasteiger partial charge in [0.25, 0.3) is 0 Å². The van der Waals surface area contributed by atoms with E-state index in [1.54, 1.807) is 31.2 Å². The van der Waals surface area contributed by atoms with Gasteiger partial charge in [-0.05, 0) is 25.1 Å². The van der Waals surface area contributed by atoms with E-state index in [0.29, 0.717) is 16.4 Å². The first-order valence-electron chi connectivity index (χ1n) is 6.19. The van der Waals surface area contributed by atoms with Gasteiger partial charge in [0.15, 0.2) is 0 Å². The number of nitrogens with one attached hydrogen (secondary N) is 1. The van der Waals surface area contributed by atoms with Gasteiger partial charge in [0.2, 0.25) is 5.91 Å². The number of anilines is 1. The highest BCUT2D eigenvalue weighted by molar-refractivity contribution is 6.30. The van der Waals surface area contributed by atoms with Crippen LogP contribution in [0.3, 0.4) is 0 Å². The summed E-state index contributed by atoms with van der Waals surface area (Å²) in [6, 6.07) is 6.82. The molecule has 1 aromatic carbocycles. The molecule has 0 saturated heterocycles. The number of aryl methyl sites for hydroxylation is 2. The van der Waals surface area contributed by atoms with Crippen molar-refractivity contribution in [1.29, 1.82) is 0 Å². The van der Waals surface area contributed by atoms with E-state index in [2.05, 4.69) is 10.4 Å². The van der Waals surface area contributed by atoms with Gasteiger partial charge in [0, 0.05) is 23.7 Å². The van der Waals surface area contributed by atoms with Crippen LogP contribution < -0.4 is 5.32 Å². The number of nitro groups is 1. The van der Waals surface area contributed by atoms with Crippen molar-refractivity contribution < 1.29 is 9.72 Å². The van der Waals surface area contributed by atoms with Crippen molar-refractivity contribution in [3.63, 3.8) is 0 Å². The summed E-state index contributed by atoms with van der Waals surface area (Å²) >= 11 is 5.82. The Labute approximate surface area is 125 Å². The van der Waals surface area contributed by atoms with Crippen molar-refractivity contribution in [2.24, 2.45) is 0 Å². The fraction of sp³-hybridized carbons (Fsp3) is 0.231. The third kappa shape index (κ3) is 4.03. The highest BCUT2D eigenvalue weighted by atomic mass is 35.5. The zero-order valence-corrected chi connectivity index (χ0v) is 12.0. The van der Waals surface area contributed by atoms with Gasteiger partial charge in [0.05, 0.1) is 4.92 Å². The topological polar surface area (TPSA) is 90.1 Å². The number of halogens is 1. The Morgan fingerprint density at radius 1 is 1.52 bits per heavy atom. The molecule has 1 heterocycles. The van der Waals surface area contributed by atoms with Crippen molar-refractivity contribution in [2.45, 2.75) is 19.9 Å². The Morgan fingerprint density at radius 3 is 2.90 bits per heavy atom. The van der Waals surface area contributed by atoms with E-state index in [9.17, 15) is 14.9 Å². The van der Waals surface area contributed by atoms with Crippen molar-refractivity contribution in [3.8, 4) is 0 Å². The van der Waals surface area contributed by atoms with Crippen LogP contribution in [0.1, 0.15) is 12.1 Å². The van der Waals surface area contributed by atoms with Crippen LogP contribution in [0, 0.1) is 17.0 Å². The Kier molecular flexibility index (Phi) is 4.54. The predicted octanol–water partition coefficient (Wildman–Crippen LogP) is 2.78. The normalized spacial score (nSPS) is 10.4. The predicted molar refractivity (Wildman–Crippen MR) is 78.3 cm³/mol. The molecule has 0 aliphatic carbocycles. The maximum atomic E-state index is 11.8. The van der Waals surface area contributed by atoms with E-state index in [1.165, 1.54) is 10.9 Å². The molecule has 110 valence electrons. The Morgan fingerprint density at radius 2 is 2.29 bits per heavy atom. The van der Waals surface area contributed by atoms with Crippen LogP contribution in [0.2, 0.25) is 5.02 Å². The van der Waals surface area contributed by atoms with Crippen LogP contribution in [0.4, 0.5) is 11.4 Å². The van der Waals surface area contributed by atoms with Gasteiger partial charge < -0.3 is 5.32 Å². The summed E-state index contributed by atoms with van der Waals surface area (Å²) in [4.78, 5) is 22.0. The molecule has 0 aliphatic rings. The van der Waals surface area contributed by atoms with Crippen molar-refractivity contribution in [1.82, 2.24) is 9.78 Å². The standard InChI is InChI=1S/C13H13ClN4O3/c1-9-12(18(20)21)8-17(16-9)6-5-13(19)15-11-4-2-3-10(14)7-11/h2-4,7-8H,5-6H2,1H3,(H,15,19). The second kappa shape index (κ2) is 6.36. The molecule has 0 fully saturated rings. The maximum absolute atomic E-state index is 11.8. The van der Waals surface area contributed by atoms with Gasteiger partial charge in [-0.3, -0.25) is 19.6 Å². The second-order valence-corrected chi connectivity index (χ2v) is 4.86. The highest BCUT2D eigenvalue weighted by Crippen LogP contribution is 2.16. The van der Waals surface area contributed by atoms with Gasteiger partial charge in [0.1, 0.15) is 11.9 Å². The summed E-state index contributed by atoms with van der Waals surface area (Å²) in [6.45, 7) is 1.82. The fourth-order valence-electron chi connectivity index (χ4n) is 1.81. The van der Waals surface area contributed by atoms with Crippen molar-refractivity contribution in [3.05, 3.63) is 51.3 Å². The molecular formula is C13H13ClN4O3. The van der Waals surface area contributed by atoms with Gasteiger partial charge in [-0.2, -0.15) is 5.10 Å². The molecule has 1 N–H and O–H groups in total. The Bertz CT molecular complexity index is 684. The average molecular weight is 309 g/mol. The van der Waals surface area contributed by atoms with Crippen LogP contribution in [0.15, 0.2) is 30.5 Å². The molecule has 0 radical (unpaired) electrons. The molecule has 1 amide bonds. The number of nitrogens with zero attached hydrogens (tertiary/aromatic N) is 3. The molecule has 0 unspecified atom stereocenters. The largest absolute Gasteiger partial charge is 0.326 e. The lowest BCUT2D eigenvalue weighted by Gasteiger charge is -2.05. The number of carbonyl (C=O) groups is 1. The molecule has 0 bridgehead atoms. The summed E-state index contributed by atoms with van der Waals surface area (Å²) in [5, 5.41) is 17.9. The summed E-state index contributed by atoms with van der Waals surface area (Å²) in [7, 11) is 0. The van der Waals surface area contributed by atoms with Crippen LogP contribution in [0.5, 0.6) is 0 Å². The number of hydrogen-bond acceptors (Lipinski definition) is 4. The summed E-state index contributed by atoms with van der Waals surface area (Å²) in [6.07, 6.45) is 1.48. The molecule has 0 aliphatic heterocycles. The Balaban J connectivity index is 1.92. The second-order valence-electron chi connectivity index (χ2n) is 4.43. The zero-order valence-electron chi connectivity index (χ0n) is 11.2. The summed E-state index contributed by atoms with van der Waals surface area (Å²) < 4.78 is 1.39. The third-order valence-corrected chi connectivity index (χ3v) is 3.03. The third-order valence-electron chi connectivity index (χ3n) is 2.79. The van der Waals surface area contributed by atoms with E-state index in [-0.39, 0.29) is 24.6 Å². The number of rotatable bonds is 5. The summed E-state index contributed by atoms with van der Waals surface area (Å²) in [5.41, 5.74) is 0.885. The lowest BCUT2D eigenvalue weighted by Crippen LogP contribution is -2.14. The van der Waals surface area contributed by atoms with Gasteiger partial charge in [-0.1, -0.05) is 17.7 Å². The molecule has 0 spiro atoms. The lowest BCUT2D eigenvalue weighted by atomic mass is 10.3. The number of aromatic nitrogens is 2. The van der Waals surface area contributed by atoms with E-state index in [1.807, 2.05) is 0 Å². The molecule has 1 aromatic heterocycles. The number of carbonyl (C=O) groups excluding carboxylic acids is 1. The van der Waals surface area contributed by atoms with E-state index >= 15 is 0 Å². The minimum Gasteiger partial charge on any atom is -0.326 e. The number of hydrogen-bond donors (Lipinski definition) is 1. The van der Waals surface area contributed by atoms with E-state index in [4.69, 9.17) is 11.6 Å². The minimum atomic E-state index is -0.495. The lowest BCUT2D eigenvalue weighted by molar-refractivity contribution is -0.385. The smallest absolute Gasteiger partial charge is 0.309 e. The van der Waals surface area contributed by atoms with Crippen LogP contribution in [-0.2, 0) is 11.3 Å². The number of benzene rings is 1. The quantitative estimate of drug-likeness (QED) is 0.679. The van der Waals surface area contributed by atoms with Gasteiger partial charge in [-0.15, -0.1) is 0 Å². The molecule has 7 nitrogen and oxygen atoms in total. The molecule has 0 atom stereocenters. The van der Waals surface area contributed by atoms with Crippen molar-refractivity contribution in [2.75, 3.05) is 5.32 Å². The Hall–Kier alpha value is -2.41. The van der Waals surface area contributed by atoms with E-state index < -0.39 is 4.92 Å². The first kappa shape index (κ1) is 15.0. The number of amides is 1. The first-order chi connectivity index (χ1) is 9.95. The van der Waals surface area contributed by atoms with E-state index in [0.717, 1.165) is 0 Å². The zero-order chi connectivity index (χ0) is 15.4. The monoisotopic (exact) mass is 308 g/mol. The molecule has 8 heteroatoms. The molecular weight excluding hydrogens is 296 g/mol. The molecule has 21 heavy (non-hydrogen) atoms. The molecule has 2 rings (SSSR count). The fourth-order valence-corrected chi connectivity index (χ4v) is 2.00. The summed E-state index contributed by atoms with van der Waals surface area (Å²) in [5.74, 6) is -0.215. The van der Waals surface area contributed by atoms with Crippen LogP contribution in [0.25, 0.3) is 0 Å². The average Bonchev–Trinajstić information content (AvgIpc) is 2.78. The van der Waals surface area contributed by atoms with Gasteiger partial charge >= 0.3 is 5.69 Å². The van der Waals surface area contributed by atoms with Crippen molar-refractivity contribution >= 4 is 28.9 Å². The van der Waals surface area contributed by atoms with Crippen LogP contribution in [-0.4, -0.2) is 20.6 Å².